The number of alkyl halides is 3. The maximum Gasteiger partial charge on any atom is 0.407 e. The Morgan fingerprint density at radius 2 is 1.63 bits per heavy atom. The van der Waals surface area contributed by atoms with Crippen molar-refractivity contribution in [3.05, 3.63) is 59.7 Å². The van der Waals surface area contributed by atoms with Crippen molar-refractivity contribution in [2.45, 2.75) is 31.5 Å². The van der Waals surface area contributed by atoms with Gasteiger partial charge in [-0.3, -0.25) is 9.59 Å². The van der Waals surface area contributed by atoms with Crippen molar-refractivity contribution >= 4 is 18.0 Å². The normalized spacial score (nSPS) is 20.2. The van der Waals surface area contributed by atoms with E-state index in [0.29, 0.717) is 0 Å². The summed E-state index contributed by atoms with van der Waals surface area (Å²) in [4.78, 5) is 37.5. The van der Waals surface area contributed by atoms with Gasteiger partial charge in [-0.15, -0.1) is 0 Å². The zero-order valence-electron chi connectivity index (χ0n) is 18.9. The van der Waals surface area contributed by atoms with Gasteiger partial charge in [0, 0.05) is 19.0 Å². The molecule has 1 aliphatic heterocycles. The fraction of sp³-hybridized carbons (Fsp3) is 0.400. The molecule has 0 bridgehead atoms. The van der Waals surface area contributed by atoms with Gasteiger partial charge in [0.2, 0.25) is 5.91 Å². The Hall–Kier alpha value is -3.56. The molecule has 0 aromatic heterocycles. The summed E-state index contributed by atoms with van der Waals surface area (Å²) in [6, 6.07) is 14.4. The molecule has 0 spiro atoms. The highest BCUT2D eigenvalue weighted by atomic mass is 19.4. The summed E-state index contributed by atoms with van der Waals surface area (Å²) < 4.78 is 45.2. The number of carbonyl (C=O) groups excluding carboxylic acids is 2. The van der Waals surface area contributed by atoms with Crippen molar-refractivity contribution in [2.75, 3.05) is 19.7 Å². The fourth-order valence-corrected chi connectivity index (χ4v) is 4.91. The van der Waals surface area contributed by atoms with Crippen LogP contribution in [0.25, 0.3) is 11.1 Å². The molecule has 35 heavy (non-hydrogen) atoms. The molecule has 0 saturated carbocycles. The number of amides is 2. The van der Waals surface area contributed by atoms with Crippen molar-refractivity contribution in [2.24, 2.45) is 11.8 Å². The molecule has 10 heteroatoms. The second-order valence-corrected chi connectivity index (χ2v) is 8.77. The second kappa shape index (κ2) is 9.59. The first kappa shape index (κ1) is 24.6. The number of benzene rings is 2. The van der Waals surface area contributed by atoms with Gasteiger partial charge >= 0.3 is 18.2 Å². The minimum Gasteiger partial charge on any atom is -0.481 e. The molecule has 2 N–H and O–H groups in total. The molecule has 3 atom stereocenters. The zero-order valence-corrected chi connectivity index (χ0v) is 18.9. The van der Waals surface area contributed by atoms with Crippen LogP contribution in [0, 0.1) is 11.8 Å². The molecule has 2 amide bonds. The highest BCUT2D eigenvalue weighted by Crippen LogP contribution is 2.44. The highest BCUT2D eigenvalue weighted by Gasteiger charge is 2.54. The molecule has 0 radical (unpaired) electrons. The number of halogens is 3. The fourth-order valence-electron chi connectivity index (χ4n) is 4.91. The molecule has 7 nitrogen and oxygen atoms in total. The van der Waals surface area contributed by atoms with Crippen molar-refractivity contribution in [1.82, 2.24) is 10.2 Å². The lowest BCUT2D eigenvalue weighted by molar-refractivity contribution is -0.188. The molecular weight excluding hydrogens is 465 g/mol. The highest BCUT2D eigenvalue weighted by molar-refractivity contribution is 5.87. The number of nitrogens with zero attached hydrogens (tertiary/aromatic N) is 1. The van der Waals surface area contributed by atoms with Gasteiger partial charge in [-0.25, -0.2) is 4.79 Å². The van der Waals surface area contributed by atoms with E-state index >= 15 is 0 Å². The Labute approximate surface area is 199 Å². The van der Waals surface area contributed by atoms with E-state index in [2.05, 4.69) is 5.32 Å². The number of likely N-dealkylation sites (tertiary alicyclic amines) is 1. The summed E-state index contributed by atoms with van der Waals surface area (Å²) in [7, 11) is 0. The van der Waals surface area contributed by atoms with Gasteiger partial charge in [-0.05, 0) is 28.7 Å². The minimum atomic E-state index is -4.75. The largest absolute Gasteiger partial charge is 0.481 e. The average molecular weight is 490 g/mol. The number of carboxylic acid groups (broad SMARTS) is 1. The summed E-state index contributed by atoms with van der Waals surface area (Å²) in [6.45, 7) is 0.285. The van der Waals surface area contributed by atoms with Crippen LogP contribution in [0.15, 0.2) is 48.5 Å². The number of rotatable bonds is 6. The Morgan fingerprint density at radius 3 is 2.11 bits per heavy atom. The number of hydrogen-bond acceptors (Lipinski definition) is 4. The van der Waals surface area contributed by atoms with Crippen LogP contribution in [-0.2, 0) is 14.3 Å². The lowest BCUT2D eigenvalue weighted by Crippen LogP contribution is -2.48. The number of carbonyl (C=O) groups is 3. The SMILES string of the molecule is CCC(NC(=O)OCC1c2ccccc2-c2ccccc21)C(=O)N1CC(C(=O)O)C(C(F)(F)F)C1. The predicted molar refractivity (Wildman–Crippen MR) is 120 cm³/mol. The van der Waals surface area contributed by atoms with E-state index in [1.165, 1.54) is 0 Å². The number of aliphatic carboxylic acids is 1. The van der Waals surface area contributed by atoms with Crippen LogP contribution in [0.3, 0.4) is 0 Å². The number of hydrogen-bond donors (Lipinski definition) is 2. The van der Waals surface area contributed by atoms with Crippen molar-refractivity contribution in [1.29, 1.82) is 0 Å². The quantitative estimate of drug-likeness (QED) is 0.638. The monoisotopic (exact) mass is 490 g/mol. The van der Waals surface area contributed by atoms with E-state index in [9.17, 15) is 32.7 Å². The molecule has 3 unspecified atom stereocenters. The summed E-state index contributed by atoms with van der Waals surface area (Å²) in [5.74, 6) is -6.47. The summed E-state index contributed by atoms with van der Waals surface area (Å²) in [6.07, 6.45) is -5.51. The van der Waals surface area contributed by atoms with Crippen molar-refractivity contribution in [3.63, 3.8) is 0 Å². The molecule has 2 aromatic carbocycles. The molecule has 1 aliphatic carbocycles. The summed E-state index contributed by atoms with van der Waals surface area (Å²) in [5, 5.41) is 11.6. The van der Waals surface area contributed by atoms with Crippen molar-refractivity contribution in [3.8, 4) is 11.1 Å². The third-order valence-electron chi connectivity index (χ3n) is 6.71. The third-order valence-corrected chi connectivity index (χ3v) is 6.71. The molecule has 186 valence electrons. The van der Waals surface area contributed by atoms with Gasteiger partial charge in [0.25, 0.3) is 0 Å². The predicted octanol–water partition coefficient (Wildman–Crippen LogP) is 4.03. The van der Waals surface area contributed by atoms with E-state index in [1.54, 1.807) is 6.92 Å². The molecule has 1 fully saturated rings. The number of carboxylic acids is 1. The first-order chi connectivity index (χ1) is 16.6. The van der Waals surface area contributed by atoms with Gasteiger partial charge in [-0.1, -0.05) is 55.5 Å². The van der Waals surface area contributed by atoms with Crippen LogP contribution in [0.4, 0.5) is 18.0 Å². The van der Waals surface area contributed by atoms with Crippen LogP contribution < -0.4 is 5.32 Å². The van der Waals surface area contributed by atoms with Gasteiger partial charge in [0.1, 0.15) is 12.6 Å². The van der Waals surface area contributed by atoms with Crippen molar-refractivity contribution < 1.29 is 37.4 Å². The molecule has 1 saturated heterocycles. The number of nitrogens with one attached hydrogen (secondary N) is 1. The van der Waals surface area contributed by atoms with E-state index in [4.69, 9.17) is 4.74 Å². The summed E-state index contributed by atoms with van der Waals surface area (Å²) >= 11 is 0. The standard InChI is InChI=1S/C25H25F3N2O5/c1-2-21(22(31)30-11-18(23(32)33)20(12-30)25(26,27)28)29-24(34)35-13-19-16-9-5-3-7-14(16)15-8-4-6-10-17(15)19/h3-10,18-21H,2,11-13H2,1H3,(H,29,34)(H,32,33). The van der Waals surface area contributed by atoms with Gasteiger partial charge in [-0.2, -0.15) is 13.2 Å². The lowest BCUT2D eigenvalue weighted by Gasteiger charge is -2.24. The third kappa shape index (κ3) is 4.82. The minimum absolute atomic E-state index is 0.0193. The van der Waals surface area contributed by atoms with Crippen LogP contribution in [0.2, 0.25) is 0 Å². The number of ether oxygens (including phenoxy) is 1. The Balaban J connectivity index is 1.40. The van der Waals surface area contributed by atoms with E-state index in [1.807, 2.05) is 48.5 Å². The van der Waals surface area contributed by atoms with E-state index < -0.39 is 55.1 Å². The van der Waals surface area contributed by atoms with Crippen LogP contribution in [-0.4, -0.2) is 59.9 Å². The van der Waals surface area contributed by atoms with Crippen LogP contribution in [0.1, 0.15) is 30.4 Å². The Kier molecular flexibility index (Phi) is 6.73. The Morgan fingerprint density at radius 1 is 1.06 bits per heavy atom. The van der Waals surface area contributed by atoms with E-state index in [0.717, 1.165) is 27.2 Å². The second-order valence-electron chi connectivity index (χ2n) is 8.77. The van der Waals surface area contributed by atoms with Gasteiger partial charge in [0.05, 0.1) is 11.8 Å². The molecule has 2 aliphatic rings. The molecular formula is C25H25F3N2O5. The Bertz CT molecular complexity index is 1090. The molecule has 4 rings (SSSR count). The maximum atomic E-state index is 13.3. The van der Waals surface area contributed by atoms with Gasteiger partial charge < -0.3 is 20.1 Å². The molecule has 2 aromatic rings. The van der Waals surface area contributed by atoms with Crippen LogP contribution in [0.5, 0.6) is 0 Å². The number of fused-ring (bicyclic) bond motifs is 3. The molecule has 1 heterocycles. The topological polar surface area (TPSA) is 95.9 Å². The van der Waals surface area contributed by atoms with Gasteiger partial charge in [0.15, 0.2) is 0 Å². The smallest absolute Gasteiger partial charge is 0.407 e. The van der Waals surface area contributed by atoms with E-state index in [-0.39, 0.29) is 18.9 Å². The first-order valence-corrected chi connectivity index (χ1v) is 11.3. The maximum absolute atomic E-state index is 13.3. The summed E-state index contributed by atoms with van der Waals surface area (Å²) in [5.41, 5.74) is 4.14. The lowest BCUT2D eigenvalue weighted by atomic mass is 9.96. The average Bonchev–Trinajstić information content (AvgIpc) is 3.42. The van der Waals surface area contributed by atoms with Crippen LogP contribution >= 0.6 is 0 Å². The first-order valence-electron chi connectivity index (χ1n) is 11.3. The number of alkyl carbamates (subject to hydrolysis) is 1. The zero-order chi connectivity index (χ0) is 25.3.